The minimum Gasteiger partial charge on any atom is -0.355 e. The molecule has 1 aliphatic heterocycles. The zero-order valence-electron chi connectivity index (χ0n) is 16.6. The number of Topliss-reactive ketones (excluding diaryl/α,β-unsaturated/α-hetero) is 1. The van der Waals surface area contributed by atoms with Crippen LogP contribution in [0.4, 0.5) is 17.5 Å². The van der Waals surface area contributed by atoms with Crippen LogP contribution in [0.3, 0.4) is 0 Å². The van der Waals surface area contributed by atoms with Crippen molar-refractivity contribution < 1.29 is 4.79 Å². The molecule has 0 amide bonds. The number of ketones is 1. The normalized spacial score (nSPS) is 14.6. The fraction of sp³-hybridized carbons (Fsp3) is 0.304. The second-order valence-corrected chi connectivity index (χ2v) is 7.52. The van der Waals surface area contributed by atoms with Crippen molar-refractivity contribution in [1.29, 1.82) is 0 Å². The monoisotopic (exact) mass is 387 g/mol. The topological polar surface area (TPSA) is 71.0 Å². The molecular weight excluding hydrogens is 362 g/mol. The molecule has 0 radical (unpaired) electrons. The van der Waals surface area contributed by atoms with Crippen LogP contribution < -0.4 is 10.2 Å². The number of nitrogens with one attached hydrogen (secondary N) is 1. The summed E-state index contributed by atoms with van der Waals surface area (Å²) >= 11 is 0. The van der Waals surface area contributed by atoms with Crippen molar-refractivity contribution in [3.8, 4) is 0 Å². The van der Waals surface area contributed by atoms with E-state index in [1.807, 2.05) is 12.1 Å². The fourth-order valence-corrected chi connectivity index (χ4v) is 3.76. The Morgan fingerprint density at radius 3 is 2.66 bits per heavy atom. The summed E-state index contributed by atoms with van der Waals surface area (Å²) in [6.07, 6.45) is 5.13. The summed E-state index contributed by atoms with van der Waals surface area (Å²) in [6.45, 7) is 3.49. The van der Waals surface area contributed by atoms with Crippen LogP contribution in [-0.4, -0.2) is 34.1 Å². The number of hydrogen-bond donors (Lipinski definition) is 1. The molecule has 29 heavy (non-hydrogen) atoms. The maximum absolute atomic E-state index is 11.6. The Bertz CT molecular complexity index is 968. The van der Waals surface area contributed by atoms with Gasteiger partial charge in [-0.05, 0) is 49.8 Å². The lowest BCUT2D eigenvalue weighted by molar-refractivity contribution is 0.101. The molecule has 148 valence electrons. The Hall–Kier alpha value is -3.28. The van der Waals surface area contributed by atoms with E-state index in [1.165, 1.54) is 5.56 Å². The number of piperidine rings is 1. The highest BCUT2D eigenvalue weighted by Gasteiger charge is 2.21. The summed E-state index contributed by atoms with van der Waals surface area (Å²) in [5, 5.41) is 11.4. The Morgan fingerprint density at radius 1 is 1.10 bits per heavy atom. The van der Waals surface area contributed by atoms with Crippen LogP contribution in [-0.2, 0) is 6.42 Å². The first kappa shape index (κ1) is 19.1. The molecule has 2 heterocycles. The van der Waals surface area contributed by atoms with Gasteiger partial charge in [0, 0.05) is 24.3 Å². The lowest BCUT2D eigenvalue weighted by atomic mass is 9.90. The number of aromatic nitrogens is 3. The van der Waals surface area contributed by atoms with E-state index in [-0.39, 0.29) is 5.78 Å². The first-order valence-corrected chi connectivity index (χ1v) is 10.0. The molecule has 1 saturated heterocycles. The van der Waals surface area contributed by atoms with Crippen LogP contribution in [0.1, 0.15) is 35.7 Å². The van der Waals surface area contributed by atoms with Gasteiger partial charge in [0.1, 0.15) is 0 Å². The quantitative estimate of drug-likeness (QED) is 0.637. The Morgan fingerprint density at radius 2 is 1.90 bits per heavy atom. The SMILES string of the molecule is CC(=O)c1cccc(Nc2nncc(N3CCC(Cc4ccccc4)CC3)n2)c1. The molecule has 3 aromatic rings. The molecule has 0 saturated carbocycles. The molecule has 0 atom stereocenters. The number of nitrogens with zero attached hydrogens (tertiary/aromatic N) is 4. The summed E-state index contributed by atoms with van der Waals surface area (Å²) in [7, 11) is 0. The third-order valence-corrected chi connectivity index (χ3v) is 5.38. The summed E-state index contributed by atoms with van der Waals surface area (Å²) in [5.74, 6) is 2.01. The number of benzene rings is 2. The molecule has 1 N–H and O–H groups in total. The van der Waals surface area contributed by atoms with Crippen molar-refractivity contribution in [3.05, 3.63) is 71.9 Å². The highest BCUT2D eigenvalue weighted by Crippen LogP contribution is 2.25. The maximum Gasteiger partial charge on any atom is 0.249 e. The third kappa shape index (κ3) is 4.96. The average Bonchev–Trinajstić information content (AvgIpc) is 2.75. The molecule has 0 bridgehead atoms. The zero-order chi connectivity index (χ0) is 20.1. The average molecular weight is 387 g/mol. The van der Waals surface area contributed by atoms with Crippen LogP contribution in [0.15, 0.2) is 60.8 Å². The van der Waals surface area contributed by atoms with Crippen LogP contribution in [0.5, 0.6) is 0 Å². The first-order chi connectivity index (χ1) is 14.2. The van der Waals surface area contributed by atoms with E-state index in [1.54, 1.807) is 25.3 Å². The van der Waals surface area contributed by atoms with Crippen molar-refractivity contribution in [2.45, 2.75) is 26.2 Å². The molecule has 2 aromatic carbocycles. The Balaban J connectivity index is 1.38. The second-order valence-electron chi connectivity index (χ2n) is 7.52. The van der Waals surface area contributed by atoms with Crippen LogP contribution in [0.25, 0.3) is 0 Å². The molecule has 0 aliphatic carbocycles. The highest BCUT2D eigenvalue weighted by atomic mass is 16.1. The molecule has 1 fully saturated rings. The number of anilines is 3. The van der Waals surface area contributed by atoms with Crippen molar-refractivity contribution in [1.82, 2.24) is 15.2 Å². The van der Waals surface area contributed by atoms with E-state index in [4.69, 9.17) is 0 Å². The van der Waals surface area contributed by atoms with E-state index < -0.39 is 0 Å². The summed E-state index contributed by atoms with van der Waals surface area (Å²) in [5.41, 5.74) is 2.84. The number of rotatable bonds is 6. The molecule has 0 unspecified atom stereocenters. The minimum absolute atomic E-state index is 0.0276. The van der Waals surface area contributed by atoms with E-state index in [0.29, 0.717) is 17.4 Å². The number of carbonyl (C=O) groups excluding carboxylic acids is 1. The third-order valence-electron chi connectivity index (χ3n) is 5.38. The smallest absolute Gasteiger partial charge is 0.249 e. The van der Waals surface area contributed by atoms with Gasteiger partial charge in [-0.1, -0.05) is 42.5 Å². The van der Waals surface area contributed by atoms with Gasteiger partial charge < -0.3 is 10.2 Å². The maximum atomic E-state index is 11.6. The van der Waals surface area contributed by atoms with E-state index in [2.05, 4.69) is 55.7 Å². The molecule has 1 aromatic heterocycles. The van der Waals surface area contributed by atoms with Gasteiger partial charge in [-0.3, -0.25) is 4.79 Å². The Labute approximate surface area is 171 Å². The van der Waals surface area contributed by atoms with E-state index >= 15 is 0 Å². The largest absolute Gasteiger partial charge is 0.355 e. The van der Waals surface area contributed by atoms with Gasteiger partial charge in [-0.15, -0.1) is 5.10 Å². The minimum atomic E-state index is 0.0276. The van der Waals surface area contributed by atoms with Gasteiger partial charge >= 0.3 is 0 Å². The van der Waals surface area contributed by atoms with Gasteiger partial charge in [-0.25, -0.2) is 0 Å². The van der Waals surface area contributed by atoms with Crippen LogP contribution >= 0.6 is 0 Å². The van der Waals surface area contributed by atoms with Gasteiger partial charge in [0.15, 0.2) is 11.6 Å². The summed E-state index contributed by atoms with van der Waals surface area (Å²) < 4.78 is 0. The number of hydrogen-bond acceptors (Lipinski definition) is 6. The second kappa shape index (κ2) is 8.82. The molecule has 1 aliphatic rings. The van der Waals surface area contributed by atoms with Crippen molar-refractivity contribution in [2.75, 3.05) is 23.3 Å². The molecule has 0 spiro atoms. The van der Waals surface area contributed by atoms with Gasteiger partial charge in [0.05, 0.1) is 6.20 Å². The predicted molar refractivity (Wildman–Crippen MR) is 115 cm³/mol. The van der Waals surface area contributed by atoms with Gasteiger partial charge in [0.2, 0.25) is 5.95 Å². The fourth-order valence-electron chi connectivity index (χ4n) is 3.76. The predicted octanol–water partition coefficient (Wildman–Crippen LogP) is 4.28. The summed E-state index contributed by atoms with van der Waals surface area (Å²) in [6, 6.07) is 18.0. The molecule has 6 heteroatoms. The van der Waals surface area contributed by atoms with Gasteiger partial charge in [-0.2, -0.15) is 10.1 Å². The van der Waals surface area contributed by atoms with Crippen molar-refractivity contribution in [3.63, 3.8) is 0 Å². The zero-order valence-corrected chi connectivity index (χ0v) is 16.6. The van der Waals surface area contributed by atoms with Gasteiger partial charge in [0.25, 0.3) is 0 Å². The van der Waals surface area contributed by atoms with Crippen molar-refractivity contribution >= 4 is 23.2 Å². The van der Waals surface area contributed by atoms with E-state index in [0.717, 1.165) is 43.9 Å². The highest BCUT2D eigenvalue weighted by molar-refractivity contribution is 5.95. The molecular formula is C23H25N5O. The molecule has 6 nitrogen and oxygen atoms in total. The Kier molecular flexibility index (Phi) is 5.79. The van der Waals surface area contributed by atoms with Crippen LogP contribution in [0, 0.1) is 5.92 Å². The number of carbonyl (C=O) groups is 1. The van der Waals surface area contributed by atoms with E-state index in [9.17, 15) is 4.79 Å². The van der Waals surface area contributed by atoms with Crippen LogP contribution in [0.2, 0.25) is 0 Å². The lowest BCUT2D eigenvalue weighted by Gasteiger charge is -2.32. The lowest BCUT2D eigenvalue weighted by Crippen LogP contribution is -2.35. The summed E-state index contributed by atoms with van der Waals surface area (Å²) in [4.78, 5) is 18.5. The first-order valence-electron chi connectivity index (χ1n) is 10.0. The molecule has 4 rings (SSSR count). The van der Waals surface area contributed by atoms with Crippen molar-refractivity contribution in [2.24, 2.45) is 5.92 Å². The standard InChI is InChI=1S/C23H25N5O/c1-17(29)20-8-5-9-21(15-20)25-23-26-22(16-24-27-23)28-12-10-19(11-13-28)14-18-6-3-2-4-7-18/h2-9,15-16,19H,10-14H2,1H3,(H,25,26,27).